The molecule has 0 aromatic heterocycles. The van der Waals surface area contributed by atoms with Crippen LogP contribution in [0.2, 0.25) is 0 Å². The van der Waals surface area contributed by atoms with Crippen LogP contribution in [0.5, 0.6) is 11.5 Å². The summed E-state index contributed by atoms with van der Waals surface area (Å²) in [7, 11) is 3.43. The molecule has 1 unspecified atom stereocenters. The van der Waals surface area contributed by atoms with E-state index < -0.39 is 0 Å². The summed E-state index contributed by atoms with van der Waals surface area (Å²) in [6.07, 6.45) is 0.899. The van der Waals surface area contributed by atoms with Crippen LogP contribution in [0.1, 0.15) is 38.8 Å². The third kappa shape index (κ3) is 8.97. The van der Waals surface area contributed by atoms with Gasteiger partial charge in [-0.25, -0.2) is 0 Å². The van der Waals surface area contributed by atoms with Gasteiger partial charge in [0.25, 0.3) is 0 Å². The normalized spacial score (nSPS) is 12.6. The van der Waals surface area contributed by atoms with Crippen LogP contribution in [0.3, 0.4) is 0 Å². The Labute approximate surface area is 163 Å². The summed E-state index contributed by atoms with van der Waals surface area (Å²) in [5.74, 6) is 2.29. The van der Waals surface area contributed by atoms with Gasteiger partial charge in [0.1, 0.15) is 0 Å². The Bertz CT molecular complexity index is 552. The molecule has 0 aliphatic rings. The van der Waals surface area contributed by atoms with E-state index in [4.69, 9.17) is 18.9 Å². The summed E-state index contributed by atoms with van der Waals surface area (Å²) >= 11 is 0. The van der Waals surface area contributed by atoms with Crippen molar-refractivity contribution in [3.05, 3.63) is 23.8 Å². The molecule has 0 saturated heterocycles. The Kier molecular flexibility index (Phi) is 12.1. The molecule has 7 nitrogen and oxygen atoms in total. The highest BCUT2D eigenvalue weighted by atomic mass is 16.5. The highest BCUT2D eigenvalue weighted by molar-refractivity contribution is 5.80. The lowest BCUT2D eigenvalue weighted by Gasteiger charge is -2.20. The van der Waals surface area contributed by atoms with Gasteiger partial charge in [-0.3, -0.25) is 4.99 Å². The van der Waals surface area contributed by atoms with Gasteiger partial charge in [0.15, 0.2) is 17.5 Å². The second-order valence-corrected chi connectivity index (χ2v) is 5.90. The van der Waals surface area contributed by atoms with Gasteiger partial charge in [-0.2, -0.15) is 0 Å². The summed E-state index contributed by atoms with van der Waals surface area (Å²) in [4.78, 5) is 4.28. The zero-order chi connectivity index (χ0) is 19.9. The quantitative estimate of drug-likeness (QED) is 0.311. The predicted octanol–water partition coefficient (Wildman–Crippen LogP) is 2.76. The Morgan fingerprint density at radius 1 is 1.07 bits per heavy atom. The zero-order valence-electron chi connectivity index (χ0n) is 17.3. The van der Waals surface area contributed by atoms with E-state index in [9.17, 15) is 0 Å². The van der Waals surface area contributed by atoms with Crippen LogP contribution in [-0.4, -0.2) is 59.7 Å². The maximum atomic E-state index is 5.71. The fourth-order valence-electron chi connectivity index (χ4n) is 2.45. The molecule has 7 heteroatoms. The smallest absolute Gasteiger partial charge is 0.191 e. The van der Waals surface area contributed by atoms with E-state index in [1.54, 1.807) is 14.2 Å². The van der Waals surface area contributed by atoms with Gasteiger partial charge in [-0.05, 0) is 44.9 Å². The predicted molar refractivity (Wildman–Crippen MR) is 109 cm³/mol. The zero-order valence-corrected chi connectivity index (χ0v) is 17.3. The van der Waals surface area contributed by atoms with E-state index in [-0.39, 0.29) is 6.04 Å². The molecule has 0 amide bonds. The minimum absolute atomic E-state index is 0.0732. The molecule has 1 rings (SSSR count). The number of nitrogens with one attached hydrogen (secondary N) is 2. The third-order valence-corrected chi connectivity index (χ3v) is 3.83. The van der Waals surface area contributed by atoms with Crippen molar-refractivity contribution in [2.24, 2.45) is 4.99 Å². The van der Waals surface area contributed by atoms with Gasteiger partial charge < -0.3 is 29.6 Å². The van der Waals surface area contributed by atoms with Crippen molar-refractivity contribution in [3.63, 3.8) is 0 Å². The van der Waals surface area contributed by atoms with E-state index in [1.165, 1.54) is 0 Å². The molecular weight excluding hydrogens is 346 g/mol. The lowest BCUT2D eigenvalue weighted by atomic mass is 10.1. The molecule has 0 radical (unpaired) electrons. The summed E-state index contributed by atoms with van der Waals surface area (Å²) in [5, 5.41) is 6.70. The average molecular weight is 382 g/mol. The largest absolute Gasteiger partial charge is 0.490 e. The molecule has 2 N–H and O–H groups in total. The number of benzene rings is 1. The molecule has 1 atom stereocenters. The van der Waals surface area contributed by atoms with Crippen LogP contribution in [0.25, 0.3) is 0 Å². The molecule has 0 bridgehead atoms. The first-order chi connectivity index (χ1) is 13.2. The fourth-order valence-corrected chi connectivity index (χ4v) is 2.45. The van der Waals surface area contributed by atoms with Crippen molar-refractivity contribution >= 4 is 5.96 Å². The second-order valence-electron chi connectivity index (χ2n) is 5.90. The van der Waals surface area contributed by atoms with Crippen LogP contribution in [0.15, 0.2) is 23.2 Å². The van der Waals surface area contributed by atoms with E-state index in [2.05, 4.69) is 22.5 Å². The van der Waals surface area contributed by atoms with Crippen molar-refractivity contribution < 1.29 is 18.9 Å². The molecule has 154 valence electrons. The van der Waals surface area contributed by atoms with Gasteiger partial charge in [0, 0.05) is 27.3 Å². The van der Waals surface area contributed by atoms with Crippen molar-refractivity contribution in [2.75, 3.05) is 53.7 Å². The molecule has 0 saturated carbocycles. The summed E-state index contributed by atoms with van der Waals surface area (Å²) in [6.45, 7) is 9.96. The monoisotopic (exact) mass is 381 g/mol. The van der Waals surface area contributed by atoms with Crippen molar-refractivity contribution in [1.29, 1.82) is 0 Å². The maximum Gasteiger partial charge on any atom is 0.191 e. The Morgan fingerprint density at radius 2 is 1.81 bits per heavy atom. The molecule has 0 spiro atoms. The van der Waals surface area contributed by atoms with Gasteiger partial charge in [0.05, 0.1) is 32.5 Å². The minimum Gasteiger partial charge on any atom is -0.490 e. The first-order valence-corrected chi connectivity index (χ1v) is 9.59. The van der Waals surface area contributed by atoms with Crippen LogP contribution in [0.4, 0.5) is 0 Å². The molecule has 0 heterocycles. The van der Waals surface area contributed by atoms with Crippen LogP contribution in [0, 0.1) is 0 Å². The SMILES string of the molecule is CCOc1ccc(C(C)NC(=NC)NCCCOCCOC)cc1OCC. The average Bonchev–Trinajstić information content (AvgIpc) is 2.67. The minimum atomic E-state index is 0.0732. The van der Waals surface area contributed by atoms with E-state index in [0.29, 0.717) is 33.0 Å². The maximum absolute atomic E-state index is 5.71. The molecule has 27 heavy (non-hydrogen) atoms. The van der Waals surface area contributed by atoms with Gasteiger partial charge in [-0.1, -0.05) is 6.07 Å². The standard InChI is InChI=1S/C20H35N3O4/c1-6-26-18-10-9-17(15-19(18)27-7-2)16(3)23-20(21-4)22-11-8-12-25-14-13-24-5/h9-10,15-16H,6-8,11-14H2,1-5H3,(H2,21,22,23). The van der Waals surface area contributed by atoms with Gasteiger partial charge >= 0.3 is 0 Å². The Morgan fingerprint density at radius 3 is 2.48 bits per heavy atom. The topological polar surface area (TPSA) is 73.3 Å². The number of hydrogen-bond donors (Lipinski definition) is 2. The van der Waals surface area contributed by atoms with Crippen LogP contribution >= 0.6 is 0 Å². The molecule has 0 aliphatic heterocycles. The first-order valence-electron chi connectivity index (χ1n) is 9.59. The van der Waals surface area contributed by atoms with Crippen molar-refractivity contribution in [3.8, 4) is 11.5 Å². The number of aliphatic imine (C=N–C) groups is 1. The van der Waals surface area contributed by atoms with Crippen LogP contribution in [-0.2, 0) is 9.47 Å². The summed E-state index contributed by atoms with van der Waals surface area (Å²) in [6, 6.07) is 6.09. The molecule has 1 aromatic rings. The summed E-state index contributed by atoms with van der Waals surface area (Å²) < 4.78 is 21.7. The number of nitrogens with zero attached hydrogens (tertiary/aromatic N) is 1. The van der Waals surface area contributed by atoms with E-state index in [0.717, 1.165) is 36.0 Å². The number of methoxy groups -OCH3 is 1. The lowest BCUT2D eigenvalue weighted by molar-refractivity contribution is 0.0698. The number of rotatable bonds is 13. The van der Waals surface area contributed by atoms with Crippen molar-refractivity contribution in [2.45, 2.75) is 33.2 Å². The highest BCUT2D eigenvalue weighted by Crippen LogP contribution is 2.30. The highest BCUT2D eigenvalue weighted by Gasteiger charge is 2.12. The number of guanidine groups is 1. The molecule has 0 aliphatic carbocycles. The van der Waals surface area contributed by atoms with E-state index >= 15 is 0 Å². The summed E-state index contributed by atoms with van der Waals surface area (Å²) in [5.41, 5.74) is 1.10. The van der Waals surface area contributed by atoms with Crippen LogP contribution < -0.4 is 20.1 Å². The Balaban J connectivity index is 2.52. The van der Waals surface area contributed by atoms with Gasteiger partial charge in [-0.15, -0.1) is 0 Å². The number of ether oxygens (including phenoxy) is 4. The molecule has 0 fully saturated rings. The first kappa shape index (κ1) is 23.0. The lowest BCUT2D eigenvalue weighted by Crippen LogP contribution is -2.39. The number of hydrogen-bond acceptors (Lipinski definition) is 5. The molecule has 1 aromatic carbocycles. The third-order valence-electron chi connectivity index (χ3n) is 3.83. The fraction of sp³-hybridized carbons (Fsp3) is 0.650. The van der Waals surface area contributed by atoms with E-state index in [1.807, 2.05) is 32.0 Å². The second kappa shape index (κ2) is 14.1. The van der Waals surface area contributed by atoms with Gasteiger partial charge in [0.2, 0.25) is 0 Å². The van der Waals surface area contributed by atoms with Crippen molar-refractivity contribution in [1.82, 2.24) is 10.6 Å². The Hall–Kier alpha value is -1.99. The molecular formula is C20H35N3O4.